The number of piperidine rings is 1. The van der Waals surface area contributed by atoms with Gasteiger partial charge in [-0.2, -0.15) is 5.26 Å². The van der Waals surface area contributed by atoms with Crippen molar-refractivity contribution < 1.29 is 0 Å². The molecule has 2 aliphatic rings. The van der Waals surface area contributed by atoms with Gasteiger partial charge in [0.05, 0.1) is 6.07 Å². The number of rotatable bonds is 1. The third-order valence-corrected chi connectivity index (χ3v) is 4.78. The highest BCUT2D eigenvalue weighted by atomic mass is 14.9. The van der Waals surface area contributed by atoms with Crippen LogP contribution in [0.3, 0.4) is 0 Å². The molecule has 1 aromatic carbocycles. The van der Waals surface area contributed by atoms with Gasteiger partial charge in [-0.05, 0) is 42.5 Å². The molecule has 0 saturated carbocycles. The number of nitrogens with zero attached hydrogens (tertiary/aromatic N) is 1. The number of nitriles is 1. The van der Waals surface area contributed by atoms with Crippen molar-refractivity contribution in [1.29, 1.82) is 5.26 Å². The Morgan fingerprint density at radius 1 is 1.37 bits per heavy atom. The molecular weight excluding hydrogens is 234 g/mol. The average molecular weight is 251 g/mol. The second-order valence-electron chi connectivity index (χ2n) is 5.87. The molecule has 1 aliphatic carbocycles. The fraction of sp³-hybridized carbons (Fsp3) is 0.438. The fourth-order valence-electron chi connectivity index (χ4n) is 3.90. The van der Waals surface area contributed by atoms with Gasteiger partial charge in [-0.3, -0.25) is 0 Å². The molecule has 96 valence electrons. The summed E-state index contributed by atoms with van der Waals surface area (Å²) in [5.41, 5.74) is 4.17. The maximum absolute atomic E-state index is 8.91. The SMILES string of the molecule is N#CC[C@@H]1CN[C@@H]2Cc3c[nH]c4cccc(c34)[C@H]2C1. The summed E-state index contributed by atoms with van der Waals surface area (Å²) in [7, 11) is 0. The Hall–Kier alpha value is -1.79. The molecule has 3 nitrogen and oxygen atoms in total. The maximum atomic E-state index is 8.91. The summed E-state index contributed by atoms with van der Waals surface area (Å²) in [4.78, 5) is 3.39. The monoisotopic (exact) mass is 251 g/mol. The highest BCUT2D eigenvalue weighted by molar-refractivity contribution is 5.88. The van der Waals surface area contributed by atoms with Crippen molar-refractivity contribution in [1.82, 2.24) is 10.3 Å². The largest absolute Gasteiger partial charge is 0.361 e. The molecule has 1 aromatic heterocycles. The minimum Gasteiger partial charge on any atom is -0.361 e. The summed E-state index contributed by atoms with van der Waals surface area (Å²) in [5, 5.41) is 14.0. The normalized spacial score (nSPS) is 28.9. The number of aromatic amines is 1. The first-order valence-corrected chi connectivity index (χ1v) is 7.06. The number of H-pyrrole nitrogens is 1. The second kappa shape index (κ2) is 4.11. The lowest BCUT2D eigenvalue weighted by molar-refractivity contribution is 0.271. The summed E-state index contributed by atoms with van der Waals surface area (Å²) < 4.78 is 0. The van der Waals surface area contributed by atoms with Gasteiger partial charge in [0.2, 0.25) is 0 Å². The lowest BCUT2D eigenvalue weighted by Gasteiger charge is -2.39. The molecule has 3 atom stereocenters. The van der Waals surface area contributed by atoms with E-state index in [9.17, 15) is 0 Å². The van der Waals surface area contributed by atoms with Crippen LogP contribution in [0.1, 0.15) is 29.9 Å². The summed E-state index contributed by atoms with van der Waals surface area (Å²) in [5.74, 6) is 1.07. The zero-order valence-corrected chi connectivity index (χ0v) is 10.8. The molecule has 0 radical (unpaired) electrons. The van der Waals surface area contributed by atoms with Crippen LogP contribution in [-0.4, -0.2) is 17.6 Å². The summed E-state index contributed by atoms with van der Waals surface area (Å²) in [6.07, 6.45) is 5.09. The molecule has 2 aromatic rings. The average Bonchev–Trinajstić information content (AvgIpc) is 2.85. The fourth-order valence-corrected chi connectivity index (χ4v) is 3.90. The van der Waals surface area contributed by atoms with Crippen LogP contribution in [0, 0.1) is 17.2 Å². The molecule has 2 heterocycles. The lowest BCUT2D eigenvalue weighted by atomic mass is 9.73. The van der Waals surface area contributed by atoms with Gasteiger partial charge >= 0.3 is 0 Å². The van der Waals surface area contributed by atoms with E-state index in [4.69, 9.17) is 5.26 Å². The Morgan fingerprint density at radius 3 is 3.21 bits per heavy atom. The Balaban J connectivity index is 1.79. The zero-order chi connectivity index (χ0) is 12.8. The summed E-state index contributed by atoms with van der Waals surface area (Å²) in [6, 6.07) is 9.45. The molecule has 1 saturated heterocycles. The number of hydrogen-bond acceptors (Lipinski definition) is 2. The molecule has 0 spiro atoms. The van der Waals surface area contributed by atoms with Crippen molar-refractivity contribution in [2.75, 3.05) is 6.54 Å². The van der Waals surface area contributed by atoms with Gasteiger partial charge < -0.3 is 10.3 Å². The van der Waals surface area contributed by atoms with E-state index < -0.39 is 0 Å². The predicted octanol–water partition coefficient (Wildman–Crippen LogP) is 2.70. The molecule has 2 N–H and O–H groups in total. The highest BCUT2D eigenvalue weighted by Gasteiger charge is 2.35. The van der Waals surface area contributed by atoms with Crippen LogP contribution in [0.5, 0.6) is 0 Å². The minimum atomic E-state index is 0.502. The van der Waals surface area contributed by atoms with E-state index in [0.29, 0.717) is 24.3 Å². The number of hydrogen-bond donors (Lipinski definition) is 2. The van der Waals surface area contributed by atoms with Gasteiger partial charge in [0.1, 0.15) is 0 Å². The summed E-state index contributed by atoms with van der Waals surface area (Å²) >= 11 is 0. The van der Waals surface area contributed by atoms with E-state index >= 15 is 0 Å². The zero-order valence-electron chi connectivity index (χ0n) is 10.8. The highest BCUT2D eigenvalue weighted by Crippen LogP contribution is 2.42. The molecule has 19 heavy (non-hydrogen) atoms. The first kappa shape index (κ1) is 11.1. The van der Waals surface area contributed by atoms with E-state index in [2.05, 4.69) is 40.8 Å². The van der Waals surface area contributed by atoms with Gasteiger partial charge in [0.15, 0.2) is 0 Å². The maximum Gasteiger partial charge on any atom is 0.0625 e. The molecule has 1 fully saturated rings. The van der Waals surface area contributed by atoms with Gasteiger partial charge in [0, 0.05) is 35.5 Å². The number of aromatic nitrogens is 1. The van der Waals surface area contributed by atoms with Gasteiger partial charge in [-0.1, -0.05) is 12.1 Å². The van der Waals surface area contributed by atoms with Crippen LogP contribution in [0.25, 0.3) is 10.9 Å². The van der Waals surface area contributed by atoms with E-state index in [1.165, 1.54) is 22.0 Å². The number of nitrogens with one attached hydrogen (secondary N) is 2. The van der Waals surface area contributed by atoms with Crippen LogP contribution in [0.2, 0.25) is 0 Å². The van der Waals surface area contributed by atoms with Crippen molar-refractivity contribution in [2.45, 2.75) is 31.2 Å². The Morgan fingerprint density at radius 2 is 2.32 bits per heavy atom. The Bertz CT molecular complexity index is 664. The molecule has 0 amide bonds. The first-order chi connectivity index (χ1) is 9.36. The van der Waals surface area contributed by atoms with E-state index in [1.54, 1.807) is 0 Å². The third-order valence-electron chi connectivity index (χ3n) is 4.78. The Kier molecular flexibility index (Phi) is 2.39. The quantitative estimate of drug-likeness (QED) is 0.818. The van der Waals surface area contributed by atoms with Crippen molar-refractivity contribution in [3.8, 4) is 6.07 Å². The molecule has 4 rings (SSSR count). The van der Waals surface area contributed by atoms with Gasteiger partial charge in [-0.15, -0.1) is 0 Å². The van der Waals surface area contributed by atoms with Gasteiger partial charge in [-0.25, -0.2) is 0 Å². The molecule has 1 aliphatic heterocycles. The topological polar surface area (TPSA) is 51.6 Å². The molecule has 3 heteroatoms. The second-order valence-corrected chi connectivity index (χ2v) is 5.87. The van der Waals surface area contributed by atoms with Crippen molar-refractivity contribution in [3.63, 3.8) is 0 Å². The van der Waals surface area contributed by atoms with Gasteiger partial charge in [0.25, 0.3) is 0 Å². The standard InChI is InChI=1S/C16H17N3/c17-5-4-10-6-13-12-2-1-3-14-16(12)11(9-19-14)7-15(13)18-8-10/h1-3,9-10,13,15,18-19H,4,6-8H2/t10-,13+,15+/m0/s1. The number of benzene rings is 1. The minimum absolute atomic E-state index is 0.502. The first-order valence-electron chi connectivity index (χ1n) is 7.06. The van der Waals surface area contributed by atoms with Crippen molar-refractivity contribution in [3.05, 3.63) is 35.5 Å². The molecule has 0 unspecified atom stereocenters. The number of fused-ring (bicyclic) bond motifs is 2. The Labute approximate surface area is 112 Å². The lowest BCUT2D eigenvalue weighted by Crippen LogP contribution is -2.46. The summed E-state index contributed by atoms with van der Waals surface area (Å²) in [6.45, 7) is 0.991. The van der Waals surface area contributed by atoms with Crippen LogP contribution in [-0.2, 0) is 6.42 Å². The predicted molar refractivity (Wildman–Crippen MR) is 74.9 cm³/mol. The van der Waals surface area contributed by atoms with Crippen LogP contribution in [0.4, 0.5) is 0 Å². The third kappa shape index (κ3) is 1.60. The van der Waals surface area contributed by atoms with E-state index in [1.807, 2.05) is 0 Å². The van der Waals surface area contributed by atoms with Crippen molar-refractivity contribution in [2.24, 2.45) is 5.92 Å². The van der Waals surface area contributed by atoms with E-state index in [-0.39, 0.29) is 0 Å². The van der Waals surface area contributed by atoms with Crippen LogP contribution >= 0.6 is 0 Å². The van der Waals surface area contributed by atoms with Crippen molar-refractivity contribution >= 4 is 10.9 Å². The van der Waals surface area contributed by atoms with Crippen LogP contribution in [0.15, 0.2) is 24.4 Å². The van der Waals surface area contributed by atoms with Crippen LogP contribution < -0.4 is 5.32 Å². The molecule has 0 bridgehead atoms. The molecular formula is C16H17N3. The smallest absolute Gasteiger partial charge is 0.0625 e. The van der Waals surface area contributed by atoms with E-state index in [0.717, 1.165) is 19.4 Å².